The van der Waals surface area contributed by atoms with Crippen molar-refractivity contribution < 1.29 is 14.3 Å². The molecule has 1 heterocycles. The molecule has 0 unspecified atom stereocenters. The number of aliphatic carboxylic acids is 1. The number of rotatable bonds is 2. The second-order valence-corrected chi connectivity index (χ2v) is 3.65. The summed E-state index contributed by atoms with van der Waals surface area (Å²) in [5, 5.41) is 7.42. The maximum atomic E-state index is 12.8. The Hall–Kier alpha value is -2.23. The van der Waals surface area contributed by atoms with Crippen LogP contribution in [0.1, 0.15) is 18.2 Å². The molecule has 1 aromatic carbocycles. The van der Waals surface area contributed by atoms with E-state index >= 15 is 0 Å². The minimum absolute atomic E-state index is 0.196. The zero-order chi connectivity index (χ0) is 13.4. The van der Waals surface area contributed by atoms with E-state index in [1.54, 1.807) is 12.3 Å². The topological polar surface area (TPSA) is 50.2 Å². The van der Waals surface area contributed by atoms with Gasteiger partial charge in [0.05, 0.1) is 0 Å². The van der Waals surface area contributed by atoms with E-state index in [9.17, 15) is 4.39 Å². The highest BCUT2D eigenvalue weighted by Crippen LogP contribution is 2.08. The Morgan fingerprint density at radius 1 is 1.28 bits per heavy atom. The second-order valence-electron chi connectivity index (χ2n) is 3.65. The number of carbonyl (C=O) groups is 1. The number of hydrogen-bond acceptors (Lipinski definition) is 2. The lowest BCUT2D eigenvalue weighted by molar-refractivity contribution is -0.134. The first-order chi connectivity index (χ1) is 8.58. The molecule has 0 bridgehead atoms. The van der Waals surface area contributed by atoms with E-state index in [0.29, 0.717) is 6.42 Å². The smallest absolute Gasteiger partial charge is 0.300 e. The molecule has 0 aliphatic rings. The van der Waals surface area contributed by atoms with Crippen molar-refractivity contribution in [3.63, 3.8) is 0 Å². The van der Waals surface area contributed by atoms with Crippen LogP contribution in [0.3, 0.4) is 0 Å². The average molecular weight is 247 g/mol. The van der Waals surface area contributed by atoms with Crippen LogP contribution in [-0.2, 0) is 11.2 Å². The highest BCUT2D eigenvalue weighted by Gasteiger charge is 1.97. The van der Waals surface area contributed by atoms with Crippen molar-refractivity contribution in [2.75, 3.05) is 0 Å². The van der Waals surface area contributed by atoms with Gasteiger partial charge in [-0.25, -0.2) is 4.39 Å². The molecular weight excluding hydrogens is 233 g/mol. The molecule has 0 saturated heterocycles. The molecular formula is C14H14FNO2. The van der Waals surface area contributed by atoms with E-state index in [-0.39, 0.29) is 5.82 Å². The van der Waals surface area contributed by atoms with E-state index in [1.165, 1.54) is 12.1 Å². The number of aromatic nitrogens is 1. The van der Waals surface area contributed by atoms with Crippen molar-refractivity contribution >= 4 is 5.97 Å². The summed E-state index contributed by atoms with van der Waals surface area (Å²) in [5.74, 6) is -1.03. The summed E-state index contributed by atoms with van der Waals surface area (Å²) in [5.41, 5.74) is 1.90. The summed E-state index contributed by atoms with van der Waals surface area (Å²) < 4.78 is 12.8. The lowest BCUT2D eigenvalue weighted by Crippen LogP contribution is -1.91. The van der Waals surface area contributed by atoms with Crippen LogP contribution in [0.4, 0.5) is 4.39 Å². The Kier molecular flexibility index (Phi) is 5.51. The van der Waals surface area contributed by atoms with Crippen LogP contribution in [0, 0.1) is 5.82 Å². The monoisotopic (exact) mass is 247 g/mol. The van der Waals surface area contributed by atoms with Gasteiger partial charge in [0, 0.05) is 25.2 Å². The van der Waals surface area contributed by atoms with Gasteiger partial charge in [-0.1, -0.05) is 18.2 Å². The highest BCUT2D eigenvalue weighted by molar-refractivity contribution is 5.62. The van der Waals surface area contributed by atoms with Crippen LogP contribution in [0.5, 0.6) is 0 Å². The number of carboxylic acid groups (broad SMARTS) is 1. The fraction of sp³-hybridized carbons (Fsp3) is 0.143. The quantitative estimate of drug-likeness (QED) is 0.887. The van der Waals surface area contributed by atoms with E-state index in [4.69, 9.17) is 9.90 Å². The van der Waals surface area contributed by atoms with Crippen molar-refractivity contribution in [1.29, 1.82) is 0 Å². The number of carboxylic acids is 1. The molecule has 94 valence electrons. The molecule has 0 spiro atoms. The molecule has 2 aromatic rings. The Bertz CT molecular complexity index is 496. The van der Waals surface area contributed by atoms with Gasteiger partial charge in [0.2, 0.25) is 0 Å². The van der Waals surface area contributed by atoms with Gasteiger partial charge in [0.25, 0.3) is 5.97 Å². The van der Waals surface area contributed by atoms with Gasteiger partial charge in [0.1, 0.15) is 5.82 Å². The third-order valence-corrected chi connectivity index (χ3v) is 2.00. The van der Waals surface area contributed by atoms with Crippen molar-refractivity contribution in [1.82, 2.24) is 4.98 Å². The van der Waals surface area contributed by atoms with Crippen LogP contribution in [0.25, 0.3) is 0 Å². The van der Waals surface area contributed by atoms with Gasteiger partial charge in [-0.2, -0.15) is 0 Å². The van der Waals surface area contributed by atoms with Gasteiger partial charge in [-0.05, 0) is 29.8 Å². The Labute approximate surface area is 105 Å². The van der Waals surface area contributed by atoms with Crippen LogP contribution in [-0.4, -0.2) is 16.1 Å². The molecule has 2 rings (SSSR count). The molecule has 0 fully saturated rings. The van der Waals surface area contributed by atoms with Gasteiger partial charge in [0.15, 0.2) is 0 Å². The van der Waals surface area contributed by atoms with Crippen molar-refractivity contribution in [2.24, 2.45) is 0 Å². The van der Waals surface area contributed by atoms with Gasteiger partial charge in [-0.15, -0.1) is 0 Å². The summed E-state index contributed by atoms with van der Waals surface area (Å²) in [6, 6.07) is 12.3. The van der Waals surface area contributed by atoms with Crippen LogP contribution in [0.15, 0.2) is 48.7 Å². The normalized spacial score (nSPS) is 9.22. The van der Waals surface area contributed by atoms with Gasteiger partial charge in [-0.3, -0.25) is 9.78 Å². The minimum atomic E-state index is -0.833. The van der Waals surface area contributed by atoms with Crippen molar-refractivity contribution in [2.45, 2.75) is 13.3 Å². The summed E-state index contributed by atoms with van der Waals surface area (Å²) in [6.45, 7) is 1.08. The van der Waals surface area contributed by atoms with Crippen molar-refractivity contribution in [3.05, 3.63) is 65.7 Å². The second kappa shape index (κ2) is 7.17. The number of hydrogen-bond donors (Lipinski definition) is 1. The molecule has 0 saturated carbocycles. The van der Waals surface area contributed by atoms with Crippen LogP contribution >= 0.6 is 0 Å². The standard InChI is InChI=1S/C12H10FN.C2H4O2/c13-11-5-3-4-10(8-11)9-12-6-1-2-7-14-12;1-2(3)4/h1-8H,9H2;1H3,(H,3,4). The molecule has 1 N–H and O–H groups in total. The maximum absolute atomic E-state index is 12.8. The zero-order valence-electron chi connectivity index (χ0n) is 10.0. The summed E-state index contributed by atoms with van der Waals surface area (Å²) in [7, 11) is 0. The first-order valence-corrected chi connectivity index (χ1v) is 5.42. The predicted molar refractivity (Wildman–Crippen MR) is 66.8 cm³/mol. The van der Waals surface area contributed by atoms with Crippen LogP contribution in [0.2, 0.25) is 0 Å². The van der Waals surface area contributed by atoms with E-state index in [2.05, 4.69) is 4.98 Å². The highest BCUT2D eigenvalue weighted by atomic mass is 19.1. The SMILES string of the molecule is CC(=O)O.Fc1cccc(Cc2ccccn2)c1. The molecule has 18 heavy (non-hydrogen) atoms. The fourth-order valence-corrected chi connectivity index (χ4v) is 1.36. The summed E-state index contributed by atoms with van der Waals surface area (Å²) >= 11 is 0. The molecule has 0 atom stereocenters. The molecule has 0 aliphatic carbocycles. The lowest BCUT2D eigenvalue weighted by atomic mass is 10.1. The largest absolute Gasteiger partial charge is 0.481 e. The van der Waals surface area contributed by atoms with Crippen molar-refractivity contribution in [3.8, 4) is 0 Å². The third-order valence-electron chi connectivity index (χ3n) is 2.00. The Balaban J connectivity index is 0.000000357. The molecule has 4 heteroatoms. The lowest BCUT2D eigenvalue weighted by Gasteiger charge is -2.00. The first kappa shape index (κ1) is 13.8. The number of benzene rings is 1. The third kappa shape index (κ3) is 5.75. The molecule has 1 aromatic heterocycles. The van der Waals surface area contributed by atoms with E-state index < -0.39 is 5.97 Å². The Morgan fingerprint density at radius 2 is 2.00 bits per heavy atom. The maximum Gasteiger partial charge on any atom is 0.300 e. The van der Waals surface area contributed by atoms with Crippen LogP contribution < -0.4 is 0 Å². The first-order valence-electron chi connectivity index (χ1n) is 5.42. The summed E-state index contributed by atoms with van der Waals surface area (Å²) in [4.78, 5) is 13.2. The molecule has 0 radical (unpaired) electrons. The molecule has 0 aliphatic heterocycles. The predicted octanol–water partition coefficient (Wildman–Crippen LogP) is 2.90. The van der Waals surface area contributed by atoms with Gasteiger partial charge < -0.3 is 5.11 Å². The number of pyridine rings is 1. The molecule has 0 amide bonds. The summed E-state index contributed by atoms with van der Waals surface area (Å²) in [6.07, 6.45) is 2.42. The van der Waals surface area contributed by atoms with E-state index in [0.717, 1.165) is 18.2 Å². The minimum Gasteiger partial charge on any atom is -0.481 e. The Morgan fingerprint density at radius 3 is 2.56 bits per heavy atom. The number of halogens is 1. The van der Waals surface area contributed by atoms with E-state index in [1.807, 2.05) is 24.3 Å². The average Bonchev–Trinajstić information content (AvgIpc) is 2.29. The fourth-order valence-electron chi connectivity index (χ4n) is 1.36. The van der Waals surface area contributed by atoms with Gasteiger partial charge >= 0.3 is 0 Å². The molecule has 3 nitrogen and oxygen atoms in total. The zero-order valence-corrected chi connectivity index (χ0v) is 10.0. The number of nitrogens with zero attached hydrogens (tertiary/aromatic N) is 1.